The topological polar surface area (TPSA) is 124 Å². The zero-order chi connectivity index (χ0) is 27.1. The maximum absolute atomic E-state index is 13.9. The second-order valence-electron chi connectivity index (χ2n) is 9.80. The zero-order valence-corrected chi connectivity index (χ0v) is 22.2. The average molecular weight is 562 g/mol. The summed E-state index contributed by atoms with van der Waals surface area (Å²) >= 11 is 5.87. The first kappa shape index (κ1) is 26.4. The monoisotopic (exact) mass is 561 g/mol. The number of rotatable bonds is 6. The second kappa shape index (κ2) is 10.2. The molecule has 0 aliphatic carbocycles. The molecule has 2 amide bonds. The third kappa shape index (κ3) is 4.61. The molecular weight excluding hydrogens is 534 g/mol. The van der Waals surface area contributed by atoms with Gasteiger partial charge in [0.15, 0.2) is 0 Å². The van der Waals surface area contributed by atoms with E-state index in [4.69, 9.17) is 11.6 Å². The van der Waals surface area contributed by atoms with Gasteiger partial charge in [-0.25, -0.2) is 8.42 Å². The smallest absolute Gasteiger partial charge is 0.289 e. The summed E-state index contributed by atoms with van der Waals surface area (Å²) in [4.78, 5) is 42.4. The Morgan fingerprint density at radius 2 is 1.68 bits per heavy atom. The van der Waals surface area contributed by atoms with Crippen molar-refractivity contribution in [1.29, 1.82) is 0 Å². The summed E-state index contributed by atoms with van der Waals surface area (Å²) in [7, 11) is -4.06. The Morgan fingerprint density at radius 1 is 1.03 bits per heavy atom. The van der Waals surface area contributed by atoms with Crippen LogP contribution in [0.4, 0.5) is 11.4 Å². The van der Waals surface area contributed by atoms with E-state index in [1.165, 1.54) is 16.4 Å². The molecule has 3 saturated heterocycles. The van der Waals surface area contributed by atoms with Crippen molar-refractivity contribution in [2.24, 2.45) is 0 Å². The molecule has 0 unspecified atom stereocenters. The predicted octanol–water partition coefficient (Wildman–Crippen LogP) is 2.70. The van der Waals surface area contributed by atoms with Crippen molar-refractivity contribution >= 4 is 44.8 Å². The second-order valence-corrected chi connectivity index (χ2v) is 12.1. The number of carbonyl (C=O) groups is 2. The van der Waals surface area contributed by atoms with E-state index in [0.29, 0.717) is 13.1 Å². The lowest BCUT2D eigenvalue weighted by molar-refractivity contribution is -0.384. The van der Waals surface area contributed by atoms with Crippen LogP contribution in [0.3, 0.4) is 0 Å². The third-order valence-electron chi connectivity index (χ3n) is 7.67. The molecule has 0 aromatic heterocycles. The lowest BCUT2D eigenvalue weighted by Gasteiger charge is -2.42. The highest BCUT2D eigenvalue weighted by Gasteiger charge is 2.55. The highest BCUT2D eigenvalue weighted by molar-refractivity contribution is 7.89. The number of benzene rings is 2. The van der Waals surface area contributed by atoms with Gasteiger partial charge in [-0.1, -0.05) is 29.8 Å². The van der Waals surface area contributed by atoms with Gasteiger partial charge in [-0.3, -0.25) is 19.7 Å². The SMILES string of the molecule is O=C(CN1CN(c2ccccc2)C2(CCN(S(=O)(=O)c3ccc(Cl)c([N+](=O)[O-])c3)CC2)C1=O)N1CCCC1. The zero-order valence-electron chi connectivity index (χ0n) is 20.7. The molecule has 3 fully saturated rings. The van der Waals surface area contributed by atoms with Gasteiger partial charge in [0.2, 0.25) is 21.8 Å². The van der Waals surface area contributed by atoms with Crippen LogP contribution in [-0.4, -0.2) is 84.2 Å². The molecule has 0 radical (unpaired) electrons. The Morgan fingerprint density at radius 3 is 2.32 bits per heavy atom. The first-order valence-corrected chi connectivity index (χ1v) is 14.3. The van der Waals surface area contributed by atoms with E-state index in [9.17, 15) is 28.1 Å². The predicted molar refractivity (Wildman–Crippen MR) is 140 cm³/mol. The Hall–Kier alpha value is -3.22. The minimum Gasteiger partial charge on any atom is -0.341 e. The number of halogens is 1. The van der Waals surface area contributed by atoms with Crippen molar-refractivity contribution in [2.45, 2.75) is 36.1 Å². The van der Waals surface area contributed by atoms with Gasteiger partial charge in [0.1, 0.15) is 17.1 Å². The summed E-state index contributed by atoms with van der Waals surface area (Å²) in [5, 5.41) is 11.1. The van der Waals surface area contributed by atoms with Gasteiger partial charge >= 0.3 is 0 Å². The molecule has 2 aromatic rings. The van der Waals surface area contributed by atoms with Crippen LogP contribution in [0.2, 0.25) is 5.02 Å². The number of nitrogens with zero attached hydrogens (tertiary/aromatic N) is 5. The van der Waals surface area contributed by atoms with Crippen LogP contribution < -0.4 is 4.90 Å². The summed E-state index contributed by atoms with van der Waals surface area (Å²) < 4.78 is 28.0. The molecule has 3 aliphatic rings. The maximum Gasteiger partial charge on any atom is 0.289 e. The molecule has 3 heterocycles. The summed E-state index contributed by atoms with van der Waals surface area (Å²) in [5.74, 6) is -0.265. The van der Waals surface area contributed by atoms with Gasteiger partial charge in [-0.05, 0) is 49.9 Å². The minimum atomic E-state index is -4.06. The maximum atomic E-state index is 13.9. The fraction of sp³-hybridized carbons (Fsp3) is 0.440. The molecule has 202 valence electrons. The standard InChI is InChI=1S/C25H28ClN5O6S/c26-21-9-8-20(16-22(21)31(34)35)38(36,37)29-14-10-25(11-15-29)24(33)28(17-23(32)27-12-4-5-13-27)18-30(25)19-6-2-1-3-7-19/h1-3,6-9,16H,4-5,10-15,17-18H2. The van der Waals surface area contributed by atoms with Gasteiger partial charge in [-0.2, -0.15) is 4.31 Å². The van der Waals surface area contributed by atoms with E-state index < -0.39 is 26.2 Å². The fourth-order valence-corrected chi connectivity index (χ4v) is 7.24. The lowest BCUT2D eigenvalue weighted by Crippen LogP contribution is -2.57. The molecule has 3 aliphatic heterocycles. The van der Waals surface area contributed by atoms with Crippen LogP contribution in [-0.2, 0) is 19.6 Å². The van der Waals surface area contributed by atoms with Crippen molar-refractivity contribution in [1.82, 2.24) is 14.1 Å². The first-order valence-electron chi connectivity index (χ1n) is 12.5. The van der Waals surface area contributed by atoms with Crippen LogP contribution in [0.5, 0.6) is 0 Å². The number of likely N-dealkylation sites (tertiary alicyclic amines) is 1. The fourth-order valence-electron chi connectivity index (χ4n) is 5.59. The molecule has 0 bridgehead atoms. The van der Waals surface area contributed by atoms with E-state index in [1.807, 2.05) is 35.2 Å². The first-order chi connectivity index (χ1) is 18.1. The van der Waals surface area contributed by atoms with Crippen molar-refractivity contribution in [3.05, 3.63) is 63.7 Å². The van der Waals surface area contributed by atoms with Crippen LogP contribution in [0.15, 0.2) is 53.4 Å². The van der Waals surface area contributed by atoms with E-state index in [2.05, 4.69) is 0 Å². The Labute approximate surface area is 225 Å². The van der Waals surface area contributed by atoms with Gasteiger partial charge in [0.25, 0.3) is 5.69 Å². The molecule has 2 aromatic carbocycles. The molecule has 13 heteroatoms. The molecular formula is C25H28ClN5O6S. The van der Waals surface area contributed by atoms with Crippen molar-refractivity contribution < 1.29 is 22.9 Å². The Kier molecular flexibility index (Phi) is 7.05. The minimum absolute atomic E-state index is 0.0135. The number of amides is 2. The average Bonchev–Trinajstić information content (AvgIpc) is 3.54. The number of carbonyl (C=O) groups excluding carboxylic acids is 2. The summed E-state index contributed by atoms with van der Waals surface area (Å²) in [5.41, 5.74) is -0.660. The van der Waals surface area contributed by atoms with Gasteiger partial charge in [0.05, 0.1) is 16.5 Å². The number of sulfonamides is 1. The van der Waals surface area contributed by atoms with Gasteiger partial charge in [0, 0.05) is 37.9 Å². The number of anilines is 1. The van der Waals surface area contributed by atoms with E-state index in [-0.39, 0.29) is 60.9 Å². The van der Waals surface area contributed by atoms with E-state index >= 15 is 0 Å². The molecule has 11 nitrogen and oxygen atoms in total. The molecule has 0 saturated carbocycles. The third-order valence-corrected chi connectivity index (χ3v) is 9.88. The number of piperidine rings is 1. The molecule has 0 atom stereocenters. The van der Waals surface area contributed by atoms with Crippen molar-refractivity contribution in [3.63, 3.8) is 0 Å². The largest absolute Gasteiger partial charge is 0.341 e. The quantitative estimate of drug-likeness (QED) is 0.392. The van der Waals surface area contributed by atoms with Crippen LogP contribution in [0, 0.1) is 10.1 Å². The normalized spacial score (nSPS) is 19.9. The van der Waals surface area contributed by atoms with E-state index in [0.717, 1.165) is 24.6 Å². The summed E-state index contributed by atoms with van der Waals surface area (Å²) in [6.07, 6.45) is 2.34. The molecule has 0 N–H and O–H groups in total. The molecule has 38 heavy (non-hydrogen) atoms. The van der Waals surface area contributed by atoms with E-state index in [1.54, 1.807) is 9.80 Å². The molecule has 5 rings (SSSR count). The Balaban J connectivity index is 1.39. The van der Waals surface area contributed by atoms with Crippen molar-refractivity contribution in [2.75, 3.05) is 44.3 Å². The lowest BCUT2D eigenvalue weighted by atomic mass is 9.86. The van der Waals surface area contributed by atoms with Gasteiger partial charge < -0.3 is 14.7 Å². The summed E-state index contributed by atoms with van der Waals surface area (Å²) in [6, 6.07) is 12.8. The number of hydrogen-bond acceptors (Lipinski definition) is 7. The number of nitro benzene ring substituents is 1. The van der Waals surface area contributed by atoms with Crippen LogP contribution in [0.25, 0.3) is 0 Å². The van der Waals surface area contributed by atoms with Gasteiger partial charge in [-0.15, -0.1) is 0 Å². The van der Waals surface area contributed by atoms with Crippen LogP contribution >= 0.6 is 11.6 Å². The summed E-state index contributed by atoms with van der Waals surface area (Å²) in [6.45, 7) is 1.70. The number of para-hydroxylation sites is 1. The van der Waals surface area contributed by atoms with Crippen molar-refractivity contribution in [3.8, 4) is 0 Å². The highest BCUT2D eigenvalue weighted by Crippen LogP contribution is 2.41. The number of nitro groups is 1. The molecule has 1 spiro atoms. The highest BCUT2D eigenvalue weighted by atomic mass is 35.5. The Bertz CT molecular complexity index is 1360. The number of hydrogen-bond donors (Lipinski definition) is 0. The van der Waals surface area contributed by atoms with Crippen LogP contribution in [0.1, 0.15) is 25.7 Å².